The normalized spacial score (nSPS) is 15.8. The van der Waals surface area contributed by atoms with E-state index in [9.17, 15) is 24.4 Å². The number of nitrogens with zero attached hydrogens (tertiary/aromatic N) is 2. The molecule has 3 rings (SSSR count). The van der Waals surface area contributed by atoms with Gasteiger partial charge in [0.1, 0.15) is 5.82 Å². The lowest BCUT2D eigenvalue weighted by Crippen LogP contribution is -2.43. The molecule has 0 radical (unpaired) electrons. The van der Waals surface area contributed by atoms with Gasteiger partial charge in [-0.15, -0.1) is 0 Å². The third-order valence-corrected chi connectivity index (χ3v) is 4.61. The molecule has 1 saturated heterocycles. The largest absolute Gasteiger partial charge is 0.502 e. The number of nitrogens with one attached hydrogen (secondary N) is 1. The van der Waals surface area contributed by atoms with Crippen LogP contribution in [0, 0.1) is 15.9 Å². The van der Waals surface area contributed by atoms with Crippen LogP contribution >= 0.6 is 0 Å². The highest BCUT2D eigenvalue weighted by molar-refractivity contribution is 5.95. The van der Waals surface area contributed by atoms with Crippen molar-refractivity contribution in [3.05, 3.63) is 69.5 Å². The number of aromatic hydroxyl groups is 1. The number of morpholine rings is 1. The minimum Gasteiger partial charge on any atom is -0.502 e. The zero-order valence-corrected chi connectivity index (χ0v) is 15.0. The molecule has 0 aliphatic carbocycles. The molecule has 1 unspecified atom stereocenters. The number of carbonyl (C=O) groups is 1. The molecule has 1 aliphatic heterocycles. The van der Waals surface area contributed by atoms with Crippen LogP contribution in [0.3, 0.4) is 0 Å². The number of ether oxygens (including phenoxy) is 1. The van der Waals surface area contributed by atoms with Gasteiger partial charge in [0.15, 0.2) is 5.75 Å². The number of carbonyl (C=O) groups excluding carboxylic acids is 1. The van der Waals surface area contributed by atoms with E-state index in [1.165, 1.54) is 18.2 Å². The summed E-state index contributed by atoms with van der Waals surface area (Å²) in [7, 11) is 0. The van der Waals surface area contributed by atoms with Crippen LogP contribution in [0.5, 0.6) is 5.75 Å². The number of rotatable bonds is 6. The molecule has 8 nitrogen and oxygen atoms in total. The van der Waals surface area contributed by atoms with Crippen molar-refractivity contribution in [2.24, 2.45) is 0 Å². The molecule has 148 valence electrons. The molecular weight excluding hydrogens is 369 g/mol. The van der Waals surface area contributed by atoms with E-state index < -0.39 is 22.3 Å². The maximum Gasteiger partial charge on any atom is 0.310 e. The average molecular weight is 389 g/mol. The number of amides is 1. The Labute approximate surface area is 160 Å². The first-order chi connectivity index (χ1) is 13.5. The summed E-state index contributed by atoms with van der Waals surface area (Å²) in [5, 5.41) is 23.3. The Hall–Kier alpha value is -3.04. The second kappa shape index (κ2) is 8.77. The first kappa shape index (κ1) is 19.7. The summed E-state index contributed by atoms with van der Waals surface area (Å²) in [4.78, 5) is 24.6. The summed E-state index contributed by atoms with van der Waals surface area (Å²) >= 11 is 0. The monoisotopic (exact) mass is 389 g/mol. The van der Waals surface area contributed by atoms with Crippen molar-refractivity contribution in [2.75, 3.05) is 32.8 Å². The van der Waals surface area contributed by atoms with E-state index in [0.717, 1.165) is 17.7 Å². The summed E-state index contributed by atoms with van der Waals surface area (Å²) < 4.78 is 19.1. The minimum absolute atomic E-state index is 0.100. The highest BCUT2D eigenvalue weighted by Crippen LogP contribution is 2.26. The highest BCUT2D eigenvalue weighted by atomic mass is 19.1. The number of hydrogen-bond donors (Lipinski definition) is 2. The third kappa shape index (κ3) is 4.62. The molecule has 2 N–H and O–H groups in total. The molecule has 9 heteroatoms. The number of benzene rings is 2. The molecule has 0 spiro atoms. The van der Waals surface area contributed by atoms with Crippen LogP contribution in [0.25, 0.3) is 0 Å². The van der Waals surface area contributed by atoms with Crippen LogP contribution in [0.4, 0.5) is 10.1 Å². The zero-order chi connectivity index (χ0) is 20.1. The Bertz CT molecular complexity index is 870. The van der Waals surface area contributed by atoms with E-state index >= 15 is 0 Å². The number of hydrogen-bond acceptors (Lipinski definition) is 6. The molecule has 2 aromatic carbocycles. The van der Waals surface area contributed by atoms with Crippen LogP contribution in [-0.4, -0.2) is 53.7 Å². The zero-order valence-electron chi connectivity index (χ0n) is 15.0. The summed E-state index contributed by atoms with van der Waals surface area (Å²) in [5.41, 5.74) is 0.360. The number of halogens is 1. The van der Waals surface area contributed by atoms with E-state index in [-0.39, 0.29) is 24.0 Å². The van der Waals surface area contributed by atoms with Gasteiger partial charge < -0.3 is 15.2 Å². The van der Waals surface area contributed by atoms with Gasteiger partial charge in [0.25, 0.3) is 5.91 Å². The fourth-order valence-corrected chi connectivity index (χ4v) is 3.17. The number of nitro benzene ring substituents is 1. The molecule has 1 fully saturated rings. The molecule has 0 aromatic heterocycles. The van der Waals surface area contributed by atoms with Crippen LogP contribution in [-0.2, 0) is 4.74 Å². The minimum atomic E-state index is -0.727. The summed E-state index contributed by atoms with van der Waals surface area (Å²) in [6, 6.07) is 9.37. The fraction of sp³-hybridized carbons (Fsp3) is 0.316. The lowest BCUT2D eigenvalue weighted by molar-refractivity contribution is -0.385. The van der Waals surface area contributed by atoms with Gasteiger partial charge in [-0.3, -0.25) is 19.8 Å². The van der Waals surface area contributed by atoms with E-state index in [4.69, 9.17) is 4.74 Å². The van der Waals surface area contributed by atoms with Crippen LogP contribution in [0.15, 0.2) is 42.5 Å². The topological polar surface area (TPSA) is 105 Å². The maximum atomic E-state index is 13.7. The Morgan fingerprint density at radius 2 is 2.04 bits per heavy atom. The van der Waals surface area contributed by atoms with Gasteiger partial charge in [-0.2, -0.15) is 0 Å². The Morgan fingerprint density at radius 1 is 1.29 bits per heavy atom. The van der Waals surface area contributed by atoms with Crippen molar-refractivity contribution in [3.8, 4) is 5.75 Å². The second-order valence-corrected chi connectivity index (χ2v) is 6.39. The predicted molar refractivity (Wildman–Crippen MR) is 98.6 cm³/mol. The summed E-state index contributed by atoms with van der Waals surface area (Å²) in [6.07, 6.45) is 0. The van der Waals surface area contributed by atoms with Crippen LogP contribution in [0.2, 0.25) is 0 Å². The van der Waals surface area contributed by atoms with Gasteiger partial charge in [-0.25, -0.2) is 4.39 Å². The highest BCUT2D eigenvalue weighted by Gasteiger charge is 2.24. The molecule has 1 aliphatic rings. The Balaban J connectivity index is 1.75. The van der Waals surface area contributed by atoms with Crippen LogP contribution in [0.1, 0.15) is 22.0 Å². The molecular formula is C19H20FN3O5. The van der Waals surface area contributed by atoms with Crippen molar-refractivity contribution in [2.45, 2.75) is 6.04 Å². The van der Waals surface area contributed by atoms with Gasteiger partial charge in [0.2, 0.25) is 0 Å². The van der Waals surface area contributed by atoms with Gasteiger partial charge in [-0.1, -0.05) is 12.1 Å². The molecule has 1 amide bonds. The van der Waals surface area contributed by atoms with Crippen molar-refractivity contribution in [1.29, 1.82) is 0 Å². The molecule has 0 bridgehead atoms. The number of phenols is 1. The summed E-state index contributed by atoms with van der Waals surface area (Å²) in [6.45, 7) is 2.61. The predicted octanol–water partition coefficient (Wildman–Crippen LogP) is 2.24. The third-order valence-electron chi connectivity index (χ3n) is 4.61. The quantitative estimate of drug-likeness (QED) is 0.580. The SMILES string of the molecule is O=C(NCC(c1cccc(F)c1)N1CCOCC1)c1ccc([N+](=O)[O-])c(O)c1. The van der Waals surface area contributed by atoms with Gasteiger partial charge in [0.05, 0.1) is 24.2 Å². The second-order valence-electron chi connectivity index (χ2n) is 6.39. The first-order valence-electron chi connectivity index (χ1n) is 8.78. The average Bonchev–Trinajstić information content (AvgIpc) is 2.68. The summed E-state index contributed by atoms with van der Waals surface area (Å²) in [5.74, 6) is -1.42. The van der Waals surface area contributed by atoms with Crippen molar-refractivity contribution in [3.63, 3.8) is 0 Å². The lowest BCUT2D eigenvalue weighted by Gasteiger charge is -2.35. The van der Waals surface area contributed by atoms with Crippen molar-refractivity contribution in [1.82, 2.24) is 10.2 Å². The van der Waals surface area contributed by atoms with E-state index in [0.29, 0.717) is 26.3 Å². The van der Waals surface area contributed by atoms with Gasteiger partial charge >= 0.3 is 5.69 Å². The molecule has 0 saturated carbocycles. The number of phenolic OH excluding ortho intramolecular Hbond substituents is 1. The number of nitro groups is 1. The molecule has 2 aromatic rings. The Morgan fingerprint density at radius 3 is 2.68 bits per heavy atom. The van der Waals surface area contributed by atoms with Crippen molar-refractivity contribution >= 4 is 11.6 Å². The molecule has 1 heterocycles. The standard InChI is InChI=1S/C19H20FN3O5/c20-15-3-1-2-13(10-15)17(22-6-8-28-9-7-22)12-21-19(25)14-4-5-16(23(26)27)18(24)11-14/h1-5,10-11,17,24H,6-9,12H2,(H,21,25). The van der Waals surface area contributed by atoms with Crippen LogP contribution < -0.4 is 5.32 Å². The first-order valence-corrected chi connectivity index (χ1v) is 8.78. The van der Waals surface area contributed by atoms with E-state index in [1.54, 1.807) is 12.1 Å². The van der Waals surface area contributed by atoms with Crippen molar-refractivity contribution < 1.29 is 24.0 Å². The molecule has 28 heavy (non-hydrogen) atoms. The fourth-order valence-electron chi connectivity index (χ4n) is 3.17. The maximum absolute atomic E-state index is 13.7. The lowest BCUT2D eigenvalue weighted by atomic mass is 10.0. The van der Waals surface area contributed by atoms with Gasteiger partial charge in [0, 0.05) is 31.3 Å². The molecule has 1 atom stereocenters. The Kier molecular flexibility index (Phi) is 6.17. The van der Waals surface area contributed by atoms with E-state index in [1.807, 2.05) is 0 Å². The smallest absolute Gasteiger partial charge is 0.310 e. The van der Waals surface area contributed by atoms with E-state index in [2.05, 4.69) is 10.2 Å². The van der Waals surface area contributed by atoms with Gasteiger partial charge in [-0.05, 0) is 29.8 Å².